The van der Waals surface area contributed by atoms with Crippen LogP contribution in [0.15, 0.2) is 66.3 Å². The van der Waals surface area contributed by atoms with Crippen molar-refractivity contribution in [1.82, 2.24) is 4.90 Å². The van der Waals surface area contributed by atoms with Crippen molar-refractivity contribution in [1.29, 1.82) is 0 Å². The van der Waals surface area contributed by atoms with E-state index in [2.05, 4.69) is 0 Å². The van der Waals surface area contributed by atoms with Crippen LogP contribution < -0.4 is 0 Å². The minimum Gasteiger partial charge on any atom is -0.466 e. The molecular weight excluding hydrogens is 1050 g/mol. The fourth-order valence-electron chi connectivity index (χ4n) is 10.2. The van der Waals surface area contributed by atoms with E-state index in [1.165, 1.54) is 84.6 Å². The lowest BCUT2D eigenvalue weighted by molar-refractivity contribution is -0.384. The van der Waals surface area contributed by atoms with Crippen LogP contribution >= 0.6 is 0 Å². The summed E-state index contributed by atoms with van der Waals surface area (Å²) < 4.78 is 72.3. The number of ketones is 1. The van der Waals surface area contributed by atoms with Crippen LogP contribution in [0.2, 0.25) is 0 Å². The number of hydrogen-bond donors (Lipinski definition) is 0. The summed E-state index contributed by atoms with van der Waals surface area (Å²) in [7, 11) is 7.49. The molecule has 80 heavy (non-hydrogen) atoms. The van der Waals surface area contributed by atoms with E-state index < -0.39 is 150 Å². The van der Waals surface area contributed by atoms with E-state index in [0.29, 0.717) is 11.1 Å². The third-order valence-electron chi connectivity index (χ3n) is 14.2. The van der Waals surface area contributed by atoms with Gasteiger partial charge in [-0.05, 0) is 89.9 Å². The third-order valence-corrected chi connectivity index (χ3v) is 14.2. The van der Waals surface area contributed by atoms with Gasteiger partial charge in [-0.25, -0.2) is 9.59 Å². The minimum atomic E-state index is -1.42. The number of allylic oxidation sites excluding steroid dienone is 4. The van der Waals surface area contributed by atoms with E-state index >= 15 is 0 Å². The molecule has 1 aromatic carbocycles. The van der Waals surface area contributed by atoms with Gasteiger partial charge in [-0.2, -0.15) is 0 Å². The number of benzene rings is 1. The first kappa shape index (κ1) is 66.3. The number of likely N-dealkylation sites (N-methyl/N-ethyl adjacent to an activating group) is 1. The van der Waals surface area contributed by atoms with Crippen LogP contribution in [0.4, 0.5) is 5.69 Å². The first-order valence-corrected chi connectivity index (χ1v) is 26.6. The predicted octanol–water partition coefficient (Wildman–Crippen LogP) is 5.98. The SMILES string of the molecule is CC[C@H]1OC(=O)C[C@@H](OC(=O)/C=C/c2ccc([N+](=O)[O-])cc2)[C@H](C)[C@@H](O[C@H]2O[C@@H](C)[C@H](OC(C)=O)[C@@H](N(C)C)[C@@H]2OC(C)=O)[C@@H](C/C=C/C(=O)OC)C[C@@H](C)C(=O)/C=C/C(C)=C/[C@@H]1CO[C@@H]1O[C@H](C)[C@@H](OC(C)=O)[C@@H](OC)[C@H]1OC. The second-order valence-corrected chi connectivity index (χ2v) is 20.5. The summed E-state index contributed by atoms with van der Waals surface area (Å²) in [4.78, 5) is 106. The maximum Gasteiger partial charge on any atom is 0.331 e. The van der Waals surface area contributed by atoms with Gasteiger partial charge in [0.25, 0.3) is 5.69 Å². The van der Waals surface area contributed by atoms with E-state index in [9.17, 15) is 43.7 Å². The van der Waals surface area contributed by atoms with Crippen LogP contribution in [-0.2, 0) is 90.4 Å². The van der Waals surface area contributed by atoms with Crippen molar-refractivity contribution in [3.63, 3.8) is 0 Å². The molecule has 3 heterocycles. The molecule has 0 unspecified atom stereocenters. The van der Waals surface area contributed by atoms with Gasteiger partial charge in [0.2, 0.25) is 0 Å². The number of nitro benzene ring substituents is 1. The van der Waals surface area contributed by atoms with Crippen molar-refractivity contribution in [3.05, 3.63) is 82.0 Å². The molecule has 0 bridgehead atoms. The molecule has 0 amide bonds. The van der Waals surface area contributed by atoms with E-state index in [1.807, 2.05) is 0 Å². The highest BCUT2D eigenvalue weighted by Crippen LogP contribution is 2.38. The molecule has 23 nitrogen and oxygen atoms in total. The molecule has 0 aliphatic carbocycles. The molecule has 2 saturated heterocycles. The molecule has 3 aliphatic rings. The topological polar surface area (TPSA) is 277 Å². The number of nitro groups is 1. The molecule has 444 valence electrons. The Labute approximate surface area is 467 Å². The number of nitrogens with zero attached hydrogens (tertiary/aromatic N) is 2. The highest BCUT2D eigenvalue weighted by Gasteiger charge is 2.52. The summed E-state index contributed by atoms with van der Waals surface area (Å²) in [5.74, 6) is -7.79. The van der Waals surface area contributed by atoms with Gasteiger partial charge in [-0.1, -0.05) is 44.6 Å². The molecule has 0 radical (unpaired) electrons. The molecule has 0 N–H and O–H groups in total. The smallest absolute Gasteiger partial charge is 0.331 e. The molecule has 23 heteroatoms. The predicted molar refractivity (Wildman–Crippen MR) is 286 cm³/mol. The number of non-ortho nitro benzene ring substituents is 1. The molecule has 4 rings (SSSR count). The Balaban J connectivity index is 1.90. The van der Waals surface area contributed by atoms with Gasteiger partial charge in [-0.15, -0.1) is 0 Å². The Kier molecular flexibility index (Phi) is 26.3. The molecule has 0 aromatic heterocycles. The number of carbonyl (C=O) groups excluding carboxylic acids is 7. The molecule has 17 atom stereocenters. The van der Waals surface area contributed by atoms with Gasteiger partial charge < -0.3 is 56.8 Å². The van der Waals surface area contributed by atoms with Gasteiger partial charge in [0.05, 0.1) is 49.4 Å². The standard InChI is InChI=1S/C57H80N2O21/c1-15-44-41(30-72-56-55(71-14)54(70-13)52(35(6)73-56)76-37(8)61)27-31(2)19-25-43(63)32(3)28-40(17-16-18-46(64)69-12)50(80-57-53(77-38(9)62)49(58(10)11)51(34(5)74-57)75-36(7)60)33(4)45(29-48(66)78-44)79-47(65)26-22-39-20-23-42(24-21-39)59(67)68/h16,18-27,32-35,40-41,44-45,49-57H,15,17,28-30H2,1-14H3/b18-16+,25-19+,26-22+,31-27+/t32-,33+,34+,35-,40+,41-,44-,45-,49-,50-,51+,52-,53+,54-,55-,56-,57-/m1/s1. The summed E-state index contributed by atoms with van der Waals surface area (Å²) in [5, 5.41) is 11.4. The third kappa shape index (κ3) is 19.2. The second-order valence-electron chi connectivity index (χ2n) is 20.5. The van der Waals surface area contributed by atoms with Crippen molar-refractivity contribution >= 4 is 53.4 Å². The lowest BCUT2D eigenvalue weighted by Gasteiger charge is -2.48. The van der Waals surface area contributed by atoms with Gasteiger partial charge in [0.15, 0.2) is 30.6 Å². The van der Waals surface area contributed by atoms with Crippen molar-refractivity contribution in [2.75, 3.05) is 42.0 Å². The number of rotatable bonds is 19. The zero-order chi connectivity index (χ0) is 59.5. The van der Waals surface area contributed by atoms with Crippen LogP contribution in [0.25, 0.3) is 6.08 Å². The van der Waals surface area contributed by atoms with Gasteiger partial charge >= 0.3 is 35.8 Å². The summed E-state index contributed by atoms with van der Waals surface area (Å²) in [6.45, 7) is 13.9. The normalized spacial score (nSPS) is 33.0. The molecular formula is C57H80N2O21. The van der Waals surface area contributed by atoms with E-state index in [4.69, 9.17) is 56.8 Å². The average Bonchev–Trinajstić information content (AvgIpc) is 3.41. The Hall–Kier alpha value is -6.21. The van der Waals surface area contributed by atoms with Crippen LogP contribution in [-0.4, -0.2) is 173 Å². The van der Waals surface area contributed by atoms with Crippen LogP contribution in [0, 0.1) is 33.8 Å². The highest BCUT2D eigenvalue weighted by molar-refractivity contribution is 5.92. The lowest BCUT2D eigenvalue weighted by Crippen LogP contribution is -2.65. The zero-order valence-electron chi connectivity index (χ0n) is 48.2. The Morgan fingerprint density at radius 3 is 1.94 bits per heavy atom. The second kappa shape index (κ2) is 31.7. The minimum absolute atomic E-state index is 0.0474. The fourth-order valence-corrected chi connectivity index (χ4v) is 10.2. The fraction of sp³-hybridized carbons (Fsp3) is 0.632. The van der Waals surface area contributed by atoms with Crippen molar-refractivity contribution in [2.24, 2.45) is 23.7 Å². The monoisotopic (exact) mass is 1130 g/mol. The van der Waals surface area contributed by atoms with Crippen LogP contribution in [0.3, 0.4) is 0 Å². The quantitative estimate of drug-likeness (QED) is 0.0506. The largest absolute Gasteiger partial charge is 0.466 e. The number of ether oxygens (including phenoxy) is 12. The molecule has 0 saturated carbocycles. The van der Waals surface area contributed by atoms with E-state index in [0.717, 1.165) is 6.08 Å². The van der Waals surface area contributed by atoms with Crippen LogP contribution in [0.5, 0.6) is 0 Å². The number of cyclic esters (lactones) is 1. The summed E-state index contributed by atoms with van der Waals surface area (Å²) in [5.41, 5.74) is 0.854. The molecule has 1 aromatic rings. The average molecular weight is 1130 g/mol. The highest BCUT2D eigenvalue weighted by atomic mass is 16.7. The van der Waals surface area contributed by atoms with Gasteiger partial charge in [-0.3, -0.25) is 39.0 Å². The zero-order valence-corrected chi connectivity index (χ0v) is 48.2. The number of carbonyl (C=O) groups is 7. The van der Waals surface area contributed by atoms with Crippen molar-refractivity contribution in [3.8, 4) is 0 Å². The summed E-state index contributed by atoms with van der Waals surface area (Å²) in [6, 6.07) is 4.57. The van der Waals surface area contributed by atoms with Gasteiger partial charge in [0, 0.05) is 77.0 Å². The molecule has 0 spiro atoms. The van der Waals surface area contributed by atoms with Crippen molar-refractivity contribution < 1.29 is 95.3 Å². The maximum absolute atomic E-state index is 14.7. The maximum atomic E-state index is 14.7. The number of hydrogen-bond acceptors (Lipinski definition) is 22. The Bertz CT molecular complexity index is 2400. The molecule has 2 fully saturated rings. The summed E-state index contributed by atoms with van der Waals surface area (Å²) in [6.07, 6.45) is -2.37. The molecule has 3 aliphatic heterocycles. The van der Waals surface area contributed by atoms with Gasteiger partial charge in [0.1, 0.15) is 30.5 Å². The van der Waals surface area contributed by atoms with Crippen molar-refractivity contribution in [2.45, 2.75) is 168 Å². The van der Waals surface area contributed by atoms with E-state index in [-0.39, 0.29) is 37.3 Å². The Morgan fingerprint density at radius 2 is 1.36 bits per heavy atom. The first-order valence-electron chi connectivity index (χ1n) is 26.6. The van der Waals surface area contributed by atoms with Crippen LogP contribution in [0.1, 0.15) is 93.6 Å². The first-order chi connectivity index (χ1) is 37.8. The summed E-state index contributed by atoms with van der Waals surface area (Å²) >= 11 is 0. The number of methoxy groups -OCH3 is 3. The van der Waals surface area contributed by atoms with E-state index in [1.54, 1.807) is 78.8 Å². The lowest BCUT2D eigenvalue weighted by atomic mass is 9.79. The Morgan fingerprint density at radius 1 is 0.762 bits per heavy atom. The number of esters is 6.